The van der Waals surface area contributed by atoms with Crippen LogP contribution in [0.5, 0.6) is 0 Å². The van der Waals surface area contributed by atoms with Crippen LogP contribution in [0.15, 0.2) is 30.5 Å². The molecule has 0 spiro atoms. The summed E-state index contributed by atoms with van der Waals surface area (Å²) in [7, 11) is 0. The van der Waals surface area contributed by atoms with Gasteiger partial charge in [0.25, 0.3) is 0 Å². The average Bonchev–Trinajstić information content (AvgIpc) is 2.79. The molecule has 6 nitrogen and oxygen atoms in total. The minimum atomic E-state index is -1.26. The zero-order valence-corrected chi connectivity index (χ0v) is 18.5. The maximum absolute atomic E-state index is 14.8. The van der Waals surface area contributed by atoms with Crippen molar-refractivity contribution in [2.24, 2.45) is 11.7 Å². The van der Waals surface area contributed by atoms with Gasteiger partial charge < -0.3 is 21.1 Å². The van der Waals surface area contributed by atoms with E-state index in [2.05, 4.69) is 20.6 Å². The largest absolute Gasteiger partial charge is 0.381 e. The van der Waals surface area contributed by atoms with E-state index in [1.54, 1.807) is 6.20 Å². The molecule has 1 saturated heterocycles. The Morgan fingerprint density at radius 2 is 1.90 bits per heavy atom. The van der Waals surface area contributed by atoms with E-state index in [1.807, 2.05) is 24.3 Å². The van der Waals surface area contributed by atoms with Gasteiger partial charge in [-0.2, -0.15) is 0 Å². The molecule has 2 aliphatic rings. The first-order valence-corrected chi connectivity index (χ1v) is 11.5. The highest BCUT2D eigenvalue weighted by Crippen LogP contribution is 2.30. The van der Waals surface area contributed by atoms with Gasteiger partial charge in [-0.25, -0.2) is 14.4 Å². The third kappa shape index (κ3) is 6.05. The minimum Gasteiger partial charge on any atom is -0.381 e. The highest BCUT2D eigenvalue weighted by Gasteiger charge is 2.32. The van der Waals surface area contributed by atoms with Crippen molar-refractivity contribution in [2.75, 3.05) is 36.9 Å². The molecule has 0 atom stereocenters. The van der Waals surface area contributed by atoms with E-state index in [1.165, 1.54) is 0 Å². The van der Waals surface area contributed by atoms with Gasteiger partial charge in [-0.3, -0.25) is 0 Å². The van der Waals surface area contributed by atoms with Gasteiger partial charge in [0.15, 0.2) is 0 Å². The molecule has 2 fully saturated rings. The molecule has 31 heavy (non-hydrogen) atoms. The summed E-state index contributed by atoms with van der Waals surface area (Å²) in [5.41, 5.74) is 6.27. The lowest BCUT2D eigenvalue weighted by molar-refractivity contribution is -0.00119. The van der Waals surface area contributed by atoms with E-state index in [0.29, 0.717) is 48.9 Å². The van der Waals surface area contributed by atoms with Gasteiger partial charge in [0.2, 0.25) is 0 Å². The van der Waals surface area contributed by atoms with Gasteiger partial charge in [-0.05, 0) is 49.8 Å². The lowest BCUT2D eigenvalue weighted by Crippen LogP contribution is -2.38. The molecule has 0 aromatic carbocycles. The van der Waals surface area contributed by atoms with E-state index in [4.69, 9.17) is 22.1 Å². The second-order valence-corrected chi connectivity index (χ2v) is 9.14. The Morgan fingerprint density at radius 1 is 1.13 bits per heavy atom. The molecule has 1 aliphatic heterocycles. The normalized spacial score (nSPS) is 23.3. The Morgan fingerprint density at radius 3 is 2.68 bits per heavy atom. The van der Waals surface area contributed by atoms with Gasteiger partial charge >= 0.3 is 0 Å². The number of hydrogen-bond acceptors (Lipinski definition) is 6. The molecule has 1 saturated carbocycles. The summed E-state index contributed by atoms with van der Waals surface area (Å²) in [6, 6.07) is 7.92. The van der Waals surface area contributed by atoms with Crippen molar-refractivity contribution in [1.82, 2.24) is 9.97 Å². The second kappa shape index (κ2) is 10.1. The molecule has 0 amide bonds. The van der Waals surface area contributed by atoms with E-state index in [-0.39, 0.29) is 6.54 Å². The summed E-state index contributed by atoms with van der Waals surface area (Å²) in [4.78, 5) is 9.08. The maximum atomic E-state index is 14.8. The van der Waals surface area contributed by atoms with Crippen LogP contribution >= 0.6 is 11.6 Å². The Bertz CT molecular complexity index is 869. The summed E-state index contributed by atoms with van der Waals surface area (Å²) in [6.07, 6.45) is 6.91. The first-order chi connectivity index (χ1) is 15.0. The van der Waals surface area contributed by atoms with E-state index in [9.17, 15) is 4.39 Å². The number of hydrogen-bond donors (Lipinski definition) is 3. The van der Waals surface area contributed by atoms with Crippen molar-refractivity contribution in [2.45, 2.75) is 50.2 Å². The van der Waals surface area contributed by atoms with Gasteiger partial charge in [0.1, 0.15) is 17.3 Å². The van der Waals surface area contributed by atoms with Crippen molar-refractivity contribution in [3.05, 3.63) is 35.5 Å². The molecule has 0 unspecified atom stereocenters. The molecule has 4 rings (SSSR count). The number of ether oxygens (including phenoxy) is 1. The Hall–Kier alpha value is -1.96. The fourth-order valence-corrected chi connectivity index (χ4v) is 4.42. The number of halogens is 2. The van der Waals surface area contributed by atoms with Crippen molar-refractivity contribution in [1.29, 1.82) is 0 Å². The Kier molecular flexibility index (Phi) is 7.25. The maximum Gasteiger partial charge on any atom is 0.132 e. The topological polar surface area (TPSA) is 85.1 Å². The van der Waals surface area contributed by atoms with Crippen LogP contribution in [0.2, 0.25) is 5.02 Å². The highest BCUT2D eigenvalue weighted by atomic mass is 35.5. The predicted octanol–water partition coefficient (Wildman–Crippen LogP) is 4.66. The number of alkyl halides is 1. The smallest absolute Gasteiger partial charge is 0.132 e. The monoisotopic (exact) mass is 447 g/mol. The number of nitrogens with two attached hydrogens (primary N) is 1. The second-order valence-electron chi connectivity index (χ2n) is 8.74. The fraction of sp³-hybridized carbons (Fsp3) is 0.565. The molecule has 1 aliphatic carbocycles. The van der Waals surface area contributed by atoms with Gasteiger partial charge in [-0.15, -0.1) is 0 Å². The third-order valence-corrected chi connectivity index (χ3v) is 6.62. The van der Waals surface area contributed by atoms with E-state index < -0.39 is 5.67 Å². The average molecular weight is 448 g/mol. The summed E-state index contributed by atoms with van der Waals surface area (Å²) >= 11 is 6.43. The summed E-state index contributed by atoms with van der Waals surface area (Å²) in [6.45, 7) is 2.01. The standard InChI is InChI=1S/C23H31ClFN5O/c24-19-14-28-22(27-13-16-4-6-17(26)7-5-16)12-18(19)20-2-1-3-21(30-20)29-15-23(25)8-10-31-11-9-23/h1-3,12,14,16-17H,4-11,13,15,26H2,(H,27,28)(H,29,30). The molecule has 8 heteroatoms. The Labute approximate surface area is 188 Å². The van der Waals surface area contributed by atoms with Gasteiger partial charge in [0, 0.05) is 50.4 Å². The number of aromatic nitrogens is 2. The summed E-state index contributed by atoms with van der Waals surface area (Å²) in [5, 5.41) is 7.12. The number of rotatable bonds is 7. The van der Waals surface area contributed by atoms with Gasteiger partial charge in [0.05, 0.1) is 17.3 Å². The first-order valence-electron chi connectivity index (χ1n) is 11.1. The van der Waals surface area contributed by atoms with Crippen LogP contribution in [-0.2, 0) is 4.74 Å². The molecule has 0 radical (unpaired) electrons. The summed E-state index contributed by atoms with van der Waals surface area (Å²) < 4.78 is 20.1. The molecule has 4 N–H and O–H groups in total. The van der Waals surface area contributed by atoms with Crippen LogP contribution in [0.25, 0.3) is 11.3 Å². The zero-order valence-electron chi connectivity index (χ0n) is 17.7. The number of nitrogens with zero attached hydrogens (tertiary/aromatic N) is 2. The molecule has 0 bridgehead atoms. The van der Waals surface area contributed by atoms with Crippen LogP contribution in [0, 0.1) is 5.92 Å². The summed E-state index contributed by atoms with van der Waals surface area (Å²) in [5.74, 6) is 2.02. The molecule has 2 aromatic heterocycles. The zero-order chi connectivity index (χ0) is 21.7. The molecular weight excluding hydrogens is 417 g/mol. The van der Waals surface area contributed by atoms with Crippen LogP contribution in [0.1, 0.15) is 38.5 Å². The number of anilines is 2. The van der Waals surface area contributed by atoms with Gasteiger partial charge in [-0.1, -0.05) is 17.7 Å². The van der Waals surface area contributed by atoms with Crippen LogP contribution in [-0.4, -0.2) is 48.0 Å². The SMILES string of the molecule is NC1CCC(CNc2cc(-c3cccc(NCC4(F)CCOCC4)n3)c(Cl)cn2)CC1. The molecule has 168 valence electrons. The van der Waals surface area contributed by atoms with Crippen molar-refractivity contribution in [3.63, 3.8) is 0 Å². The van der Waals surface area contributed by atoms with Crippen molar-refractivity contribution in [3.8, 4) is 11.3 Å². The first kappa shape index (κ1) is 22.2. The third-order valence-electron chi connectivity index (χ3n) is 6.32. The van der Waals surface area contributed by atoms with Crippen molar-refractivity contribution < 1.29 is 9.13 Å². The lowest BCUT2D eigenvalue weighted by atomic mass is 9.86. The predicted molar refractivity (Wildman–Crippen MR) is 123 cm³/mol. The highest BCUT2D eigenvalue weighted by molar-refractivity contribution is 6.33. The quantitative estimate of drug-likeness (QED) is 0.572. The fourth-order valence-electron chi connectivity index (χ4n) is 4.22. The minimum absolute atomic E-state index is 0.217. The molecular formula is C23H31ClFN5O. The van der Waals surface area contributed by atoms with Crippen LogP contribution < -0.4 is 16.4 Å². The van der Waals surface area contributed by atoms with Crippen LogP contribution in [0.3, 0.4) is 0 Å². The van der Waals surface area contributed by atoms with Crippen LogP contribution in [0.4, 0.5) is 16.0 Å². The molecule has 2 aromatic rings. The lowest BCUT2D eigenvalue weighted by Gasteiger charge is -2.29. The number of nitrogens with one attached hydrogen (secondary N) is 2. The van der Waals surface area contributed by atoms with Crippen molar-refractivity contribution >= 4 is 23.2 Å². The van der Waals surface area contributed by atoms with E-state index in [0.717, 1.165) is 49.3 Å². The van der Waals surface area contributed by atoms with E-state index >= 15 is 0 Å². The molecule has 3 heterocycles. The number of pyridine rings is 2. The Balaban J connectivity index is 1.41.